The van der Waals surface area contributed by atoms with Gasteiger partial charge in [-0.1, -0.05) is 36.4 Å². The van der Waals surface area contributed by atoms with Gasteiger partial charge < -0.3 is 5.32 Å². The van der Waals surface area contributed by atoms with Crippen molar-refractivity contribution in [2.24, 2.45) is 0 Å². The van der Waals surface area contributed by atoms with Crippen LogP contribution in [0.4, 0.5) is 0 Å². The van der Waals surface area contributed by atoms with Crippen LogP contribution in [0.1, 0.15) is 36.6 Å². The number of carbonyl (C=O) groups is 1. The second-order valence-corrected chi connectivity index (χ2v) is 6.92. The number of nitrogens with zero attached hydrogens (tertiary/aromatic N) is 2. The average Bonchev–Trinajstić information content (AvgIpc) is 2.60. The first-order valence-corrected chi connectivity index (χ1v) is 9.09. The lowest BCUT2D eigenvalue weighted by molar-refractivity contribution is -0.120. The number of piperidine rings is 1. The maximum Gasteiger partial charge on any atom is 0.217 e. The number of nitrogens with one attached hydrogen (secondary N) is 1. The number of aryl methyl sites for hydroxylation is 1. The smallest absolute Gasteiger partial charge is 0.217 e. The summed E-state index contributed by atoms with van der Waals surface area (Å²) >= 11 is 0. The first kappa shape index (κ1) is 17.6. The molecule has 1 amide bonds. The van der Waals surface area contributed by atoms with Crippen molar-refractivity contribution in [3.63, 3.8) is 0 Å². The molecule has 0 unspecified atom stereocenters. The molecule has 2 heterocycles. The standard InChI is InChI=1S/C21H27N3O/c1-16-19(10-6-12-22-16)15-24-13-7-11-20(23-17(2)25)21(24)14-18-8-4-3-5-9-18/h3-6,8-10,12,20-21H,7,11,13-15H2,1-2H3,(H,23,25)/t20-,21-/m0/s1. The van der Waals surface area contributed by atoms with E-state index >= 15 is 0 Å². The normalized spacial score (nSPS) is 21.0. The zero-order valence-corrected chi connectivity index (χ0v) is 15.1. The molecule has 0 radical (unpaired) electrons. The van der Waals surface area contributed by atoms with Gasteiger partial charge in [0, 0.05) is 37.4 Å². The number of rotatable bonds is 5. The molecule has 1 fully saturated rings. The van der Waals surface area contributed by atoms with E-state index in [-0.39, 0.29) is 11.9 Å². The Morgan fingerprint density at radius 1 is 1.24 bits per heavy atom. The van der Waals surface area contributed by atoms with Gasteiger partial charge >= 0.3 is 0 Å². The quantitative estimate of drug-likeness (QED) is 0.912. The third-order valence-electron chi connectivity index (χ3n) is 5.06. The van der Waals surface area contributed by atoms with Crippen molar-refractivity contribution in [1.82, 2.24) is 15.2 Å². The number of likely N-dealkylation sites (tertiary alicyclic amines) is 1. The fraction of sp³-hybridized carbons (Fsp3) is 0.429. The van der Waals surface area contributed by atoms with Gasteiger partial charge in [0.15, 0.2) is 0 Å². The second-order valence-electron chi connectivity index (χ2n) is 6.92. The highest BCUT2D eigenvalue weighted by Crippen LogP contribution is 2.24. The van der Waals surface area contributed by atoms with E-state index in [2.05, 4.69) is 52.5 Å². The first-order valence-electron chi connectivity index (χ1n) is 9.09. The molecular weight excluding hydrogens is 310 g/mol. The molecule has 1 aliphatic rings. The molecule has 132 valence electrons. The Balaban J connectivity index is 1.82. The van der Waals surface area contributed by atoms with Gasteiger partial charge in [-0.05, 0) is 49.9 Å². The van der Waals surface area contributed by atoms with E-state index < -0.39 is 0 Å². The van der Waals surface area contributed by atoms with E-state index in [0.29, 0.717) is 6.04 Å². The van der Waals surface area contributed by atoms with Crippen molar-refractivity contribution >= 4 is 5.91 Å². The number of aromatic nitrogens is 1. The van der Waals surface area contributed by atoms with Crippen LogP contribution in [0.5, 0.6) is 0 Å². The molecule has 4 nitrogen and oxygen atoms in total. The van der Waals surface area contributed by atoms with Gasteiger partial charge in [-0.15, -0.1) is 0 Å². The monoisotopic (exact) mass is 337 g/mol. The molecule has 1 aromatic heterocycles. The van der Waals surface area contributed by atoms with Gasteiger partial charge in [-0.2, -0.15) is 0 Å². The summed E-state index contributed by atoms with van der Waals surface area (Å²) in [6.45, 7) is 5.62. The second kappa shape index (κ2) is 8.26. The fourth-order valence-corrected chi connectivity index (χ4v) is 3.78. The maximum absolute atomic E-state index is 11.7. The minimum absolute atomic E-state index is 0.0578. The molecule has 0 bridgehead atoms. The predicted molar refractivity (Wildman–Crippen MR) is 100 cm³/mol. The average molecular weight is 337 g/mol. The van der Waals surface area contributed by atoms with Crippen LogP contribution in [0.3, 0.4) is 0 Å². The molecule has 4 heteroatoms. The van der Waals surface area contributed by atoms with E-state index in [4.69, 9.17) is 0 Å². The van der Waals surface area contributed by atoms with Crippen molar-refractivity contribution < 1.29 is 4.79 Å². The zero-order chi connectivity index (χ0) is 17.6. The van der Waals surface area contributed by atoms with E-state index in [9.17, 15) is 4.79 Å². The minimum atomic E-state index is 0.0578. The molecule has 2 atom stereocenters. The summed E-state index contributed by atoms with van der Waals surface area (Å²) in [4.78, 5) is 18.6. The van der Waals surface area contributed by atoms with Crippen LogP contribution < -0.4 is 5.32 Å². The molecule has 0 saturated carbocycles. The van der Waals surface area contributed by atoms with Gasteiger partial charge in [-0.25, -0.2) is 0 Å². The molecule has 3 rings (SSSR count). The number of amides is 1. The number of hydrogen-bond donors (Lipinski definition) is 1. The predicted octanol–water partition coefficient (Wildman–Crippen LogP) is 3.10. The molecular formula is C21H27N3O. The highest BCUT2D eigenvalue weighted by Gasteiger charge is 2.32. The van der Waals surface area contributed by atoms with Gasteiger partial charge in [0.1, 0.15) is 0 Å². The topological polar surface area (TPSA) is 45.2 Å². The molecule has 1 aliphatic heterocycles. The number of carbonyl (C=O) groups excluding carboxylic acids is 1. The van der Waals surface area contributed by atoms with Gasteiger partial charge in [-0.3, -0.25) is 14.7 Å². The van der Waals surface area contributed by atoms with E-state index in [1.807, 2.05) is 18.3 Å². The van der Waals surface area contributed by atoms with Crippen molar-refractivity contribution in [3.8, 4) is 0 Å². The molecule has 25 heavy (non-hydrogen) atoms. The lowest BCUT2D eigenvalue weighted by Gasteiger charge is -2.42. The van der Waals surface area contributed by atoms with Crippen LogP contribution in [0.15, 0.2) is 48.7 Å². The number of benzene rings is 1. The SMILES string of the molecule is CC(=O)N[C@H]1CCCN(Cc2cccnc2C)[C@H]1Cc1ccccc1. The number of pyridine rings is 1. The van der Waals surface area contributed by atoms with Crippen LogP contribution in [-0.4, -0.2) is 34.4 Å². The summed E-state index contributed by atoms with van der Waals surface area (Å²) in [7, 11) is 0. The summed E-state index contributed by atoms with van der Waals surface area (Å²) in [6, 6.07) is 15.2. The number of hydrogen-bond acceptors (Lipinski definition) is 3. The van der Waals surface area contributed by atoms with Crippen molar-refractivity contribution in [1.29, 1.82) is 0 Å². The Labute approximate surface area is 150 Å². The molecule has 1 N–H and O–H groups in total. The summed E-state index contributed by atoms with van der Waals surface area (Å²) in [5, 5.41) is 3.19. The lowest BCUT2D eigenvalue weighted by Crippen LogP contribution is -2.55. The maximum atomic E-state index is 11.7. The molecule has 0 spiro atoms. The third kappa shape index (κ3) is 4.67. The summed E-state index contributed by atoms with van der Waals surface area (Å²) < 4.78 is 0. The van der Waals surface area contributed by atoms with Crippen LogP contribution in [0, 0.1) is 6.92 Å². The molecule has 2 aromatic rings. The van der Waals surface area contributed by atoms with Gasteiger partial charge in [0.25, 0.3) is 0 Å². The van der Waals surface area contributed by atoms with Crippen LogP contribution in [0.25, 0.3) is 0 Å². The largest absolute Gasteiger partial charge is 0.352 e. The Hall–Kier alpha value is -2.20. The molecule has 0 aliphatic carbocycles. The Morgan fingerprint density at radius 2 is 2.04 bits per heavy atom. The van der Waals surface area contributed by atoms with Crippen LogP contribution in [-0.2, 0) is 17.8 Å². The van der Waals surface area contributed by atoms with E-state index in [1.165, 1.54) is 11.1 Å². The van der Waals surface area contributed by atoms with E-state index in [0.717, 1.165) is 38.0 Å². The molecule has 1 saturated heterocycles. The summed E-state index contributed by atoms with van der Waals surface area (Å²) in [6.07, 6.45) is 4.94. The van der Waals surface area contributed by atoms with Crippen molar-refractivity contribution in [3.05, 3.63) is 65.5 Å². The van der Waals surface area contributed by atoms with Gasteiger partial charge in [0.2, 0.25) is 5.91 Å². The van der Waals surface area contributed by atoms with Crippen molar-refractivity contribution in [2.45, 2.75) is 51.7 Å². The van der Waals surface area contributed by atoms with Crippen LogP contribution in [0.2, 0.25) is 0 Å². The van der Waals surface area contributed by atoms with Crippen molar-refractivity contribution in [2.75, 3.05) is 6.54 Å². The van der Waals surface area contributed by atoms with Gasteiger partial charge in [0.05, 0.1) is 0 Å². The fourth-order valence-electron chi connectivity index (χ4n) is 3.78. The zero-order valence-electron chi connectivity index (χ0n) is 15.1. The first-order chi connectivity index (χ1) is 12.1. The van der Waals surface area contributed by atoms with Crippen LogP contribution >= 0.6 is 0 Å². The highest BCUT2D eigenvalue weighted by atomic mass is 16.1. The Morgan fingerprint density at radius 3 is 2.76 bits per heavy atom. The minimum Gasteiger partial charge on any atom is -0.352 e. The third-order valence-corrected chi connectivity index (χ3v) is 5.06. The Kier molecular flexibility index (Phi) is 5.82. The Bertz CT molecular complexity index is 701. The molecule has 1 aromatic carbocycles. The highest BCUT2D eigenvalue weighted by molar-refractivity contribution is 5.73. The summed E-state index contributed by atoms with van der Waals surface area (Å²) in [5.74, 6) is 0.0578. The van der Waals surface area contributed by atoms with E-state index in [1.54, 1.807) is 6.92 Å². The lowest BCUT2D eigenvalue weighted by atomic mass is 9.90. The summed E-state index contributed by atoms with van der Waals surface area (Å²) in [5.41, 5.74) is 3.67.